The van der Waals surface area contributed by atoms with Crippen molar-refractivity contribution in [2.24, 2.45) is 0 Å². The highest BCUT2D eigenvalue weighted by Gasteiger charge is 2.13. The Kier molecular flexibility index (Phi) is 5.79. The van der Waals surface area contributed by atoms with E-state index in [4.69, 9.17) is 0 Å². The number of hydrogen-bond donors (Lipinski definition) is 1. The summed E-state index contributed by atoms with van der Waals surface area (Å²) in [7, 11) is 6.18. The van der Waals surface area contributed by atoms with Crippen molar-refractivity contribution in [1.29, 1.82) is 0 Å². The highest BCUT2D eigenvalue weighted by Crippen LogP contribution is 2.19. The van der Waals surface area contributed by atoms with Crippen molar-refractivity contribution in [3.8, 4) is 0 Å². The highest BCUT2D eigenvalue weighted by atomic mass is 16.3. The molecule has 102 valence electrons. The van der Waals surface area contributed by atoms with Crippen LogP contribution in [-0.4, -0.2) is 55.7 Å². The van der Waals surface area contributed by atoms with Crippen LogP contribution in [0.25, 0.3) is 0 Å². The molecule has 0 bridgehead atoms. The second-order valence-corrected chi connectivity index (χ2v) is 5.44. The molecule has 0 saturated heterocycles. The topological polar surface area (TPSA) is 26.7 Å². The van der Waals surface area contributed by atoms with E-state index in [1.165, 1.54) is 5.56 Å². The first-order valence-corrected chi connectivity index (χ1v) is 6.48. The van der Waals surface area contributed by atoms with Crippen molar-refractivity contribution in [2.45, 2.75) is 20.0 Å². The molecule has 0 aromatic heterocycles. The molecule has 1 rings (SSSR count). The summed E-state index contributed by atoms with van der Waals surface area (Å²) in [4.78, 5) is 4.33. The first kappa shape index (κ1) is 15.2. The van der Waals surface area contributed by atoms with Crippen LogP contribution in [-0.2, 0) is 0 Å². The number of likely N-dealkylation sites (N-methyl/N-ethyl adjacent to an activating group) is 2. The third kappa shape index (κ3) is 4.77. The lowest BCUT2D eigenvalue weighted by atomic mass is 10.0. The third-order valence-corrected chi connectivity index (χ3v) is 3.21. The zero-order valence-electron chi connectivity index (χ0n) is 12.3. The molecule has 0 heterocycles. The second kappa shape index (κ2) is 6.88. The van der Waals surface area contributed by atoms with E-state index in [0.717, 1.165) is 24.2 Å². The SMILES string of the molecule is Cc1ccc(C)c(C(O)CN(C)CCN(C)C)c1. The summed E-state index contributed by atoms with van der Waals surface area (Å²) in [5.41, 5.74) is 3.41. The maximum Gasteiger partial charge on any atom is 0.0919 e. The van der Waals surface area contributed by atoms with E-state index in [9.17, 15) is 5.11 Å². The number of aliphatic hydroxyl groups is 1. The van der Waals surface area contributed by atoms with Gasteiger partial charge in [0, 0.05) is 19.6 Å². The van der Waals surface area contributed by atoms with Crippen molar-refractivity contribution < 1.29 is 5.11 Å². The van der Waals surface area contributed by atoms with E-state index in [1.54, 1.807) is 0 Å². The van der Waals surface area contributed by atoms with Gasteiger partial charge in [-0.3, -0.25) is 0 Å². The van der Waals surface area contributed by atoms with Crippen molar-refractivity contribution in [1.82, 2.24) is 9.80 Å². The van der Waals surface area contributed by atoms with Crippen molar-refractivity contribution in [3.63, 3.8) is 0 Å². The molecule has 1 unspecified atom stereocenters. The van der Waals surface area contributed by atoms with E-state index in [1.807, 2.05) is 0 Å². The molecular weight excluding hydrogens is 224 g/mol. The number of benzene rings is 1. The highest BCUT2D eigenvalue weighted by molar-refractivity contribution is 5.32. The Labute approximate surface area is 111 Å². The fourth-order valence-electron chi connectivity index (χ4n) is 1.97. The Balaban J connectivity index is 2.58. The molecule has 0 amide bonds. The third-order valence-electron chi connectivity index (χ3n) is 3.21. The average Bonchev–Trinajstić information content (AvgIpc) is 2.29. The molecule has 18 heavy (non-hydrogen) atoms. The first-order chi connectivity index (χ1) is 8.40. The normalized spacial score (nSPS) is 13.3. The number of rotatable bonds is 6. The van der Waals surface area contributed by atoms with Crippen LogP contribution >= 0.6 is 0 Å². The molecule has 3 heteroatoms. The van der Waals surface area contributed by atoms with Crippen LogP contribution in [0.4, 0.5) is 0 Å². The van der Waals surface area contributed by atoms with Crippen molar-refractivity contribution in [3.05, 3.63) is 34.9 Å². The van der Waals surface area contributed by atoms with E-state index in [0.29, 0.717) is 6.54 Å². The minimum atomic E-state index is -0.405. The lowest BCUT2D eigenvalue weighted by Crippen LogP contribution is -2.32. The Bertz CT molecular complexity index is 377. The van der Waals surface area contributed by atoms with E-state index in [-0.39, 0.29) is 0 Å². The number of aryl methyl sites for hydroxylation is 2. The lowest BCUT2D eigenvalue weighted by molar-refractivity contribution is 0.122. The molecule has 1 aromatic carbocycles. The smallest absolute Gasteiger partial charge is 0.0919 e. The summed E-state index contributed by atoms with van der Waals surface area (Å²) in [5, 5.41) is 10.3. The van der Waals surface area contributed by atoms with Crippen LogP contribution in [0.5, 0.6) is 0 Å². The fraction of sp³-hybridized carbons (Fsp3) is 0.600. The number of aliphatic hydroxyl groups excluding tert-OH is 1. The Hall–Kier alpha value is -0.900. The van der Waals surface area contributed by atoms with Gasteiger partial charge in [-0.25, -0.2) is 0 Å². The standard InChI is InChI=1S/C15H26N2O/c1-12-6-7-13(2)14(10-12)15(18)11-17(5)9-8-16(3)4/h6-7,10,15,18H,8-9,11H2,1-5H3. The maximum atomic E-state index is 10.3. The second-order valence-electron chi connectivity index (χ2n) is 5.44. The average molecular weight is 250 g/mol. The summed E-state index contributed by atoms with van der Waals surface area (Å²) < 4.78 is 0. The molecule has 0 aliphatic carbocycles. The van der Waals surface area contributed by atoms with Crippen LogP contribution in [0.3, 0.4) is 0 Å². The van der Waals surface area contributed by atoms with Gasteiger partial charge in [-0.15, -0.1) is 0 Å². The minimum Gasteiger partial charge on any atom is -0.387 e. The zero-order chi connectivity index (χ0) is 13.7. The number of hydrogen-bond acceptors (Lipinski definition) is 3. The summed E-state index contributed by atoms with van der Waals surface area (Å²) in [6, 6.07) is 6.24. The molecule has 1 N–H and O–H groups in total. The van der Waals surface area contributed by atoms with Crippen molar-refractivity contribution in [2.75, 3.05) is 40.8 Å². The summed E-state index contributed by atoms with van der Waals surface area (Å²) in [6.45, 7) is 6.77. The van der Waals surface area contributed by atoms with E-state index < -0.39 is 6.10 Å². The molecular formula is C15H26N2O. The molecule has 1 atom stereocenters. The Morgan fingerprint density at radius 3 is 2.39 bits per heavy atom. The molecule has 3 nitrogen and oxygen atoms in total. The predicted octanol–water partition coefficient (Wildman–Crippen LogP) is 1.83. The van der Waals surface area contributed by atoms with Crippen molar-refractivity contribution >= 4 is 0 Å². The maximum absolute atomic E-state index is 10.3. The minimum absolute atomic E-state index is 0.405. The zero-order valence-corrected chi connectivity index (χ0v) is 12.3. The van der Waals surface area contributed by atoms with Gasteiger partial charge in [0.25, 0.3) is 0 Å². The van der Waals surface area contributed by atoms with Gasteiger partial charge in [-0.2, -0.15) is 0 Å². The van der Waals surface area contributed by atoms with Gasteiger partial charge in [0.05, 0.1) is 6.10 Å². The quantitative estimate of drug-likeness (QED) is 0.834. The molecule has 0 spiro atoms. The summed E-state index contributed by atoms with van der Waals surface area (Å²) in [5.74, 6) is 0. The van der Waals surface area contributed by atoms with Gasteiger partial charge in [0.15, 0.2) is 0 Å². The molecule has 0 fully saturated rings. The van der Waals surface area contributed by atoms with Crippen LogP contribution in [0, 0.1) is 13.8 Å². The van der Waals surface area contributed by atoms with Gasteiger partial charge in [-0.1, -0.05) is 23.8 Å². The Morgan fingerprint density at radius 2 is 1.78 bits per heavy atom. The van der Waals surface area contributed by atoms with E-state index in [2.05, 4.69) is 63.0 Å². The van der Waals surface area contributed by atoms with Crippen LogP contribution in [0.2, 0.25) is 0 Å². The summed E-state index contributed by atoms with van der Waals surface area (Å²) in [6.07, 6.45) is -0.405. The van der Waals surface area contributed by atoms with Crippen LogP contribution in [0.1, 0.15) is 22.8 Å². The van der Waals surface area contributed by atoms with Gasteiger partial charge < -0.3 is 14.9 Å². The summed E-state index contributed by atoms with van der Waals surface area (Å²) >= 11 is 0. The predicted molar refractivity (Wildman–Crippen MR) is 76.9 cm³/mol. The molecule has 0 radical (unpaired) electrons. The van der Waals surface area contributed by atoms with Crippen LogP contribution < -0.4 is 0 Å². The molecule has 1 aromatic rings. The van der Waals surface area contributed by atoms with Gasteiger partial charge >= 0.3 is 0 Å². The molecule has 0 saturated carbocycles. The lowest BCUT2D eigenvalue weighted by Gasteiger charge is -2.23. The largest absolute Gasteiger partial charge is 0.387 e. The van der Waals surface area contributed by atoms with Crippen LogP contribution in [0.15, 0.2) is 18.2 Å². The van der Waals surface area contributed by atoms with E-state index >= 15 is 0 Å². The number of nitrogens with zero attached hydrogens (tertiary/aromatic N) is 2. The monoisotopic (exact) mass is 250 g/mol. The van der Waals surface area contributed by atoms with Gasteiger partial charge in [0.2, 0.25) is 0 Å². The Morgan fingerprint density at radius 1 is 1.11 bits per heavy atom. The molecule has 0 aliphatic rings. The first-order valence-electron chi connectivity index (χ1n) is 6.48. The van der Waals surface area contributed by atoms with Gasteiger partial charge in [0.1, 0.15) is 0 Å². The fourth-order valence-corrected chi connectivity index (χ4v) is 1.97. The van der Waals surface area contributed by atoms with Gasteiger partial charge in [-0.05, 0) is 46.1 Å². The molecule has 0 aliphatic heterocycles.